The van der Waals surface area contributed by atoms with E-state index >= 15 is 0 Å². The van der Waals surface area contributed by atoms with Gasteiger partial charge < -0.3 is 19.9 Å². The average Bonchev–Trinajstić information content (AvgIpc) is 3.43. The molecule has 2 saturated heterocycles. The number of likely N-dealkylation sites (tertiary alicyclic amines) is 2. The predicted octanol–water partition coefficient (Wildman–Crippen LogP) is 4.33. The molecule has 40 heavy (non-hydrogen) atoms. The molecule has 1 atom stereocenters. The van der Waals surface area contributed by atoms with E-state index < -0.39 is 11.4 Å². The number of aromatic carboxylic acids is 1. The van der Waals surface area contributed by atoms with Crippen molar-refractivity contribution >= 4 is 22.9 Å². The molecule has 1 unspecified atom stereocenters. The summed E-state index contributed by atoms with van der Waals surface area (Å²) in [5, 5.41) is 9.41. The molecule has 2 fully saturated rings. The Labute approximate surface area is 232 Å². The zero-order valence-corrected chi connectivity index (χ0v) is 22.5. The normalized spacial score (nSPS) is 19.1. The number of amides is 1. The highest BCUT2D eigenvalue weighted by Gasteiger charge is 2.55. The molecule has 0 saturated carbocycles. The van der Waals surface area contributed by atoms with Gasteiger partial charge in [0.25, 0.3) is 0 Å². The molecule has 0 aliphatic carbocycles. The van der Waals surface area contributed by atoms with Crippen molar-refractivity contribution in [3.63, 3.8) is 0 Å². The summed E-state index contributed by atoms with van der Waals surface area (Å²) in [7, 11) is 0. The van der Waals surface area contributed by atoms with Gasteiger partial charge in [0, 0.05) is 25.6 Å². The fraction of sp³-hybridized carbons (Fsp3) is 0.344. The number of carboxylic acids is 1. The Kier molecular flexibility index (Phi) is 7.02. The third-order valence-corrected chi connectivity index (χ3v) is 8.82. The third-order valence-electron chi connectivity index (χ3n) is 8.82. The number of piperidine rings is 1. The van der Waals surface area contributed by atoms with Crippen LogP contribution in [0.25, 0.3) is 11.0 Å². The van der Waals surface area contributed by atoms with Crippen molar-refractivity contribution in [1.82, 2.24) is 19.4 Å². The van der Waals surface area contributed by atoms with Crippen LogP contribution in [-0.2, 0) is 17.9 Å². The SMILES string of the molecule is O=C(O)c1cccc(CN2CC(c3ccccc3)C3(CCN(CCCn4c(=O)[nH]c5ccccc54)CC3)C2=O)c1. The Balaban J connectivity index is 1.15. The van der Waals surface area contributed by atoms with Gasteiger partial charge >= 0.3 is 11.7 Å². The van der Waals surface area contributed by atoms with Gasteiger partial charge in [-0.1, -0.05) is 54.6 Å². The minimum absolute atomic E-state index is 0.0740. The Morgan fingerprint density at radius 2 is 1.68 bits per heavy atom. The number of H-pyrrole nitrogens is 1. The monoisotopic (exact) mass is 538 g/mol. The number of fused-ring (bicyclic) bond motifs is 1. The van der Waals surface area contributed by atoms with Gasteiger partial charge in [0.2, 0.25) is 5.91 Å². The number of carbonyl (C=O) groups is 2. The van der Waals surface area contributed by atoms with Crippen molar-refractivity contribution in [2.24, 2.45) is 5.41 Å². The van der Waals surface area contributed by atoms with Gasteiger partial charge in [0.15, 0.2) is 0 Å². The Hall–Kier alpha value is -4.17. The average molecular weight is 539 g/mol. The molecule has 2 aliphatic heterocycles. The number of hydrogen-bond acceptors (Lipinski definition) is 4. The van der Waals surface area contributed by atoms with E-state index in [9.17, 15) is 19.5 Å². The lowest BCUT2D eigenvalue weighted by atomic mass is 9.68. The van der Waals surface area contributed by atoms with E-state index in [0.29, 0.717) is 19.6 Å². The predicted molar refractivity (Wildman–Crippen MR) is 153 cm³/mol. The number of para-hydroxylation sites is 2. The van der Waals surface area contributed by atoms with Gasteiger partial charge in [-0.3, -0.25) is 9.36 Å². The second kappa shape index (κ2) is 10.8. The molecule has 1 amide bonds. The van der Waals surface area contributed by atoms with Gasteiger partial charge in [-0.15, -0.1) is 0 Å². The van der Waals surface area contributed by atoms with E-state index in [1.165, 1.54) is 5.56 Å². The highest BCUT2D eigenvalue weighted by molar-refractivity contribution is 5.88. The second-order valence-corrected chi connectivity index (χ2v) is 11.1. The summed E-state index contributed by atoms with van der Waals surface area (Å²) in [6, 6.07) is 25.0. The smallest absolute Gasteiger partial charge is 0.335 e. The van der Waals surface area contributed by atoms with Crippen molar-refractivity contribution in [3.8, 4) is 0 Å². The fourth-order valence-corrected chi connectivity index (χ4v) is 6.73. The first-order valence-electron chi connectivity index (χ1n) is 14.0. The summed E-state index contributed by atoms with van der Waals surface area (Å²) < 4.78 is 1.81. The van der Waals surface area contributed by atoms with Gasteiger partial charge in [-0.05, 0) is 74.3 Å². The van der Waals surface area contributed by atoms with E-state index in [-0.39, 0.29) is 23.1 Å². The molecule has 8 heteroatoms. The summed E-state index contributed by atoms with van der Waals surface area (Å²) in [6.07, 6.45) is 2.42. The minimum atomic E-state index is -0.963. The fourth-order valence-electron chi connectivity index (χ4n) is 6.73. The van der Waals surface area contributed by atoms with E-state index in [1.807, 2.05) is 58.0 Å². The van der Waals surface area contributed by atoms with Crippen LogP contribution in [0.15, 0.2) is 83.7 Å². The summed E-state index contributed by atoms with van der Waals surface area (Å²) in [4.78, 5) is 45.3. The molecule has 6 rings (SSSR count). The largest absolute Gasteiger partial charge is 0.478 e. The first-order valence-corrected chi connectivity index (χ1v) is 14.0. The minimum Gasteiger partial charge on any atom is -0.478 e. The number of nitrogens with one attached hydrogen (secondary N) is 1. The zero-order chi connectivity index (χ0) is 27.7. The highest BCUT2D eigenvalue weighted by atomic mass is 16.4. The molecular weight excluding hydrogens is 504 g/mol. The maximum atomic E-state index is 14.1. The second-order valence-electron chi connectivity index (χ2n) is 11.1. The Morgan fingerprint density at radius 3 is 2.45 bits per heavy atom. The number of nitrogens with zero attached hydrogens (tertiary/aromatic N) is 3. The van der Waals surface area contributed by atoms with Crippen LogP contribution in [0.5, 0.6) is 0 Å². The van der Waals surface area contributed by atoms with E-state index in [2.05, 4.69) is 22.0 Å². The number of rotatable bonds is 8. The third kappa shape index (κ3) is 4.84. The van der Waals surface area contributed by atoms with Crippen LogP contribution in [0.1, 0.15) is 46.7 Å². The number of aromatic nitrogens is 2. The van der Waals surface area contributed by atoms with Crippen LogP contribution in [0.3, 0.4) is 0 Å². The van der Waals surface area contributed by atoms with Crippen molar-refractivity contribution in [3.05, 3.63) is 106 Å². The van der Waals surface area contributed by atoms with Gasteiger partial charge in [-0.2, -0.15) is 0 Å². The molecule has 2 N–H and O–H groups in total. The number of benzene rings is 3. The maximum Gasteiger partial charge on any atom is 0.335 e. The van der Waals surface area contributed by atoms with Crippen LogP contribution in [-0.4, -0.2) is 62.5 Å². The molecule has 0 radical (unpaired) electrons. The number of imidazole rings is 1. The molecule has 3 heterocycles. The van der Waals surface area contributed by atoms with Crippen LogP contribution < -0.4 is 5.69 Å². The molecule has 0 bridgehead atoms. The topological polar surface area (TPSA) is 98.6 Å². The molecule has 4 aromatic rings. The first-order chi connectivity index (χ1) is 19.4. The highest BCUT2D eigenvalue weighted by Crippen LogP contribution is 2.51. The molecule has 2 aliphatic rings. The van der Waals surface area contributed by atoms with E-state index in [0.717, 1.165) is 55.5 Å². The Bertz CT molecular complexity index is 1580. The molecule has 8 nitrogen and oxygen atoms in total. The van der Waals surface area contributed by atoms with Crippen LogP contribution >= 0.6 is 0 Å². The van der Waals surface area contributed by atoms with Gasteiger partial charge in [0.05, 0.1) is 22.0 Å². The number of carboxylic acid groups (broad SMARTS) is 1. The van der Waals surface area contributed by atoms with E-state index in [4.69, 9.17) is 0 Å². The van der Waals surface area contributed by atoms with Crippen molar-refractivity contribution < 1.29 is 14.7 Å². The standard InChI is InChI=1S/C32H34N4O4/c37-29(38)25-11-6-8-23(20-25)21-35-22-26(24-9-2-1-3-10-24)32(30(35)39)14-18-34(19-15-32)16-7-17-36-28-13-5-4-12-27(28)33-31(36)40/h1-6,8-13,20,26H,7,14-19,21-22H2,(H,33,40)(H,37,38). The maximum absolute atomic E-state index is 14.1. The molecule has 206 valence electrons. The van der Waals surface area contributed by atoms with Crippen LogP contribution in [0.4, 0.5) is 0 Å². The number of carbonyl (C=O) groups excluding carboxylic acids is 1. The summed E-state index contributed by atoms with van der Waals surface area (Å²) in [6.45, 7) is 4.23. The summed E-state index contributed by atoms with van der Waals surface area (Å²) in [5.74, 6) is -0.696. The van der Waals surface area contributed by atoms with E-state index in [1.54, 1.807) is 18.2 Å². The van der Waals surface area contributed by atoms with Crippen molar-refractivity contribution in [2.75, 3.05) is 26.2 Å². The first kappa shape index (κ1) is 26.1. The lowest BCUT2D eigenvalue weighted by Crippen LogP contribution is -2.46. The van der Waals surface area contributed by atoms with Crippen molar-refractivity contribution in [2.45, 2.75) is 38.3 Å². The molecular formula is C32H34N4O4. The van der Waals surface area contributed by atoms with Crippen LogP contribution in [0.2, 0.25) is 0 Å². The van der Waals surface area contributed by atoms with Crippen molar-refractivity contribution in [1.29, 1.82) is 0 Å². The molecule has 1 spiro atoms. The zero-order valence-electron chi connectivity index (χ0n) is 22.5. The number of hydrogen-bond donors (Lipinski definition) is 2. The Morgan fingerprint density at radius 1 is 0.925 bits per heavy atom. The van der Waals surface area contributed by atoms with Crippen LogP contribution in [0, 0.1) is 5.41 Å². The number of aromatic amines is 1. The van der Waals surface area contributed by atoms with Gasteiger partial charge in [-0.25, -0.2) is 9.59 Å². The summed E-state index contributed by atoms with van der Waals surface area (Å²) in [5.41, 5.74) is 3.51. The lowest BCUT2D eigenvalue weighted by molar-refractivity contribution is -0.139. The molecule has 1 aromatic heterocycles. The van der Waals surface area contributed by atoms with Gasteiger partial charge in [0.1, 0.15) is 0 Å². The summed E-state index contributed by atoms with van der Waals surface area (Å²) >= 11 is 0. The number of aryl methyl sites for hydroxylation is 1. The quantitative estimate of drug-likeness (QED) is 0.348. The lowest BCUT2D eigenvalue weighted by Gasteiger charge is -2.41. The molecule has 3 aromatic carbocycles.